The molecule has 0 saturated carbocycles. The van der Waals surface area contributed by atoms with Crippen molar-refractivity contribution >= 4 is 11.6 Å². The van der Waals surface area contributed by atoms with E-state index in [1.165, 1.54) is 18.4 Å². The number of methoxy groups -OCH3 is 1. The topological polar surface area (TPSA) is 30.5 Å². The van der Waals surface area contributed by atoms with Crippen LogP contribution in [0.1, 0.15) is 44.2 Å². The average molecular weight is 310 g/mol. The second kappa shape index (κ2) is 6.55. The first-order chi connectivity index (χ1) is 10.2. The molecule has 0 aliphatic carbocycles. The van der Waals surface area contributed by atoms with Gasteiger partial charge in [0, 0.05) is 12.0 Å². The van der Waals surface area contributed by atoms with Gasteiger partial charge in [0.15, 0.2) is 0 Å². The summed E-state index contributed by atoms with van der Waals surface area (Å²) in [4.78, 5) is 0. The van der Waals surface area contributed by atoms with Crippen LogP contribution in [-0.4, -0.2) is 25.9 Å². The number of benzene rings is 1. The molecule has 0 radical (unpaired) electrons. The van der Waals surface area contributed by atoms with Crippen molar-refractivity contribution in [2.45, 2.75) is 50.9 Å². The van der Waals surface area contributed by atoms with Gasteiger partial charge in [0.1, 0.15) is 5.75 Å². The molecular formula is C17H24ClNO2. The predicted octanol–water partition coefficient (Wildman–Crippen LogP) is 3.96. The lowest BCUT2D eigenvalue weighted by Gasteiger charge is -2.30. The number of halogens is 1. The van der Waals surface area contributed by atoms with E-state index in [-0.39, 0.29) is 0 Å². The number of nitrogens with one attached hydrogen (secondary N) is 1. The second-order valence-electron chi connectivity index (χ2n) is 6.10. The first-order valence-corrected chi connectivity index (χ1v) is 8.33. The lowest BCUT2D eigenvalue weighted by molar-refractivity contribution is 0.0856. The monoisotopic (exact) mass is 309 g/mol. The van der Waals surface area contributed by atoms with Crippen LogP contribution in [0, 0.1) is 5.92 Å². The predicted molar refractivity (Wildman–Crippen MR) is 85.0 cm³/mol. The van der Waals surface area contributed by atoms with Crippen LogP contribution in [0.4, 0.5) is 0 Å². The standard InChI is InChI=1S/C17H24ClNO2/c1-3-8-19-17(13-10-12-5-7-15(13)21-12)11-4-6-14(18)16(9-11)20-2/h4,6,9,12-13,15,17,19H,3,5,7-8,10H2,1-2H3. The summed E-state index contributed by atoms with van der Waals surface area (Å²) >= 11 is 6.16. The summed E-state index contributed by atoms with van der Waals surface area (Å²) in [6.45, 7) is 3.22. The summed E-state index contributed by atoms with van der Waals surface area (Å²) < 4.78 is 11.4. The molecule has 2 aliphatic rings. The van der Waals surface area contributed by atoms with E-state index in [2.05, 4.69) is 24.4 Å². The van der Waals surface area contributed by atoms with Gasteiger partial charge in [-0.3, -0.25) is 0 Å². The molecule has 3 nitrogen and oxygen atoms in total. The zero-order valence-electron chi connectivity index (χ0n) is 12.8. The lowest BCUT2D eigenvalue weighted by Crippen LogP contribution is -2.34. The van der Waals surface area contributed by atoms with Gasteiger partial charge in [-0.25, -0.2) is 0 Å². The quantitative estimate of drug-likeness (QED) is 0.863. The Hall–Kier alpha value is -0.770. The molecule has 0 amide bonds. The number of ether oxygens (including phenoxy) is 2. The van der Waals surface area contributed by atoms with Crippen molar-refractivity contribution < 1.29 is 9.47 Å². The number of fused-ring (bicyclic) bond motifs is 2. The molecule has 2 bridgehead atoms. The maximum atomic E-state index is 6.16. The zero-order chi connectivity index (χ0) is 14.8. The van der Waals surface area contributed by atoms with Crippen molar-refractivity contribution in [2.75, 3.05) is 13.7 Å². The molecule has 4 heteroatoms. The summed E-state index contributed by atoms with van der Waals surface area (Å²) in [5.74, 6) is 1.31. The highest BCUT2D eigenvalue weighted by molar-refractivity contribution is 6.32. The van der Waals surface area contributed by atoms with Gasteiger partial charge in [-0.2, -0.15) is 0 Å². The van der Waals surface area contributed by atoms with E-state index in [1.54, 1.807) is 7.11 Å². The molecule has 1 aromatic rings. The van der Waals surface area contributed by atoms with E-state index in [1.807, 2.05) is 6.07 Å². The Kier molecular flexibility index (Phi) is 4.72. The van der Waals surface area contributed by atoms with Gasteiger partial charge in [-0.1, -0.05) is 24.6 Å². The molecule has 0 aromatic heterocycles. The molecule has 0 spiro atoms. The van der Waals surface area contributed by atoms with E-state index in [9.17, 15) is 0 Å². The van der Waals surface area contributed by atoms with Crippen LogP contribution >= 0.6 is 11.6 Å². The summed E-state index contributed by atoms with van der Waals surface area (Å²) in [6, 6.07) is 6.45. The molecular weight excluding hydrogens is 286 g/mol. The minimum Gasteiger partial charge on any atom is -0.495 e. The second-order valence-corrected chi connectivity index (χ2v) is 6.51. The molecule has 2 saturated heterocycles. The van der Waals surface area contributed by atoms with Crippen LogP contribution in [-0.2, 0) is 4.74 Å². The molecule has 4 unspecified atom stereocenters. The molecule has 3 rings (SSSR count). The summed E-state index contributed by atoms with van der Waals surface area (Å²) in [5, 5.41) is 4.37. The van der Waals surface area contributed by atoms with Crippen molar-refractivity contribution in [3.05, 3.63) is 28.8 Å². The van der Waals surface area contributed by atoms with E-state index >= 15 is 0 Å². The van der Waals surface area contributed by atoms with E-state index < -0.39 is 0 Å². The third-order valence-corrected chi connectivity index (χ3v) is 5.04. The minimum atomic E-state index is 0.325. The Morgan fingerprint density at radius 1 is 1.43 bits per heavy atom. The van der Waals surface area contributed by atoms with Crippen LogP contribution < -0.4 is 10.1 Å². The van der Waals surface area contributed by atoms with Crippen LogP contribution in [0.15, 0.2) is 18.2 Å². The third kappa shape index (κ3) is 3.05. The van der Waals surface area contributed by atoms with Crippen molar-refractivity contribution in [2.24, 2.45) is 5.92 Å². The zero-order valence-corrected chi connectivity index (χ0v) is 13.5. The molecule has 21 heavy (non-hydrogen) atoms. The van der Waals surface area contributed by atoms with E-state index in [0.29, 0.717) is 29.2 Å². The fraction of sp³-hybridized carbons (Fsp3) is 0.647. The maximum absolute atomic E-state index is 6.16. The Bertz CT molecular complexity index is 494. The van der Waals surface area contributed by atoms with Gasteiger partial charge in [0.05, 0.1) is 24.3 Å². The first kappa shape index (κ1) is 15.1. The van der Waals surface area contributed by atoms with Gasteiger partial charge in [0.2, 0.25) is 0 Å². The fourth-order valence-corrected chi connectivity index (χ4v) is 3.91. The van der Waals surface area contributed by atoms with Crippen LogP contribution in [0.2, 0.25) is 5.02 Å². The molecule has 116 valence electrons. The van der Waals surface area contributed by atoms with Crippen LogP contribution in [0.5, 0.6) is 5.75 Å². The minimum absolute atomic E-state index is 0.325. The van der Waals surface area contributed by atoms with Gasteiger partial charge in [-0.15, -0.1) is 0 Å². The van der Waals surface area contributed by atoms with E-state index in [4.69, 9.17) is 21.1 Å². The first-order valence-electron chi connectivity index (χ1n) is 7.95. The largest absolute Gasteiger partial charge is 0.495 e. The SMILES string of the molecule is CCCNC(c1ccc(Cl)c(OC)c1)C1CC2CCC1O2. The molecule has 2 fully saturated rings. The van der Waals surface area contributed by atoms with Crippen molar-refractivity contribution in [1.29, 1.82) is 0 Å². The van der Waals surface area contributed by atoms with Crippen molar-refractivity contribution in [3.8, 4) is 5.75 Å². The number of hydrogen-bond donors (Lipinski definition) is 1. The Labute approximate surface area is 132 Å². The van der Waals surface area contributed by atoms with Crippen LogP contribution in [0.3, 0.4) is 0 Å². The Morgan fingerprint density at radius 2 is 2.29 bits per heavy atom. The highest BCUT2D eigenvalue weighted by atomic mass is 35.5. The summed E-state index contributed by atoms with van der Waals surface area (Å²) in [6.07, 6.45) is 5.60. The fourth-order valence-electron chi connectivity index (χ4n) is 3.71. The van der Waals surface area contributed by atoms with Crippen molar-refractivity contribution in [1.82, 2.24) is 5.32 Å². The lowest BCUT2D eigenvalue weighted by atomic mass is 9.81. The van der Waals surface area contributed by atoms with Crippen LogP contribution in [0.25, 0.3) is 0 Å². The average Bonchev–Trinajstić information content (AvgIpc) is 3.12. The molecule has 2 aliphatic heterocycles. The Morgan fingerprint density at radius 3 is 2.90 bits per heavy atom. The van der Waals surface area contributed by atoms with Gasteiger partial charge in [-0.05, 0) is 49.9 Å². The Balaban J connectivity index is 1.84. The third-order valence-electron chi connectivity index (χ3n) is 4.73. The van der Waals surface area contributed by atoms with Gasteiger partial charge < -0.3 is 14.8 Å². The number of rotatable bonds is 6. The number of hydrogen-bond acceptors (Lipinski definition) is 3. The molecule has 4 atom stereocenters. The molecule has 2 heterocycles. The van der Waals surface area contributed by atoms with Crippen molar-refractivity contribution in [3.63, 3.8) is 0 Å². The van der Waals surface area contributed by atoms with E-state index in [0.717, 1.165) is 25.1 Å². The van der Waals surface area contributed by atoms with Gasteiger partial charge in [0.25, 0.3) is 0 Å². The maximum Gasteiger partial charge on any atom is 0.137 e. The highest BCUT2D eigenvalue weighted by Crippen LogP contribution is 2.45. The normalized spacial score (nSPS) is 28.8. The highest BCUT2D eigenvalue weighted by Gasteiger charge is 2.44. The summed E-state index contributed by atoms with van der Waals surface area (Å²) in [7, 11) is 1.67. The summed E-state index contributed by atoms with van der Waals surface area (Å²) in [5.41, 5.74) is 1.26. The molecule has 1 aromatic carbocycles. The molecule has 1 N–H and O–H groups in total. The van der Waals surface area contributed by atoms with Gasteiger partial charge >= 0.3 is 0 Å². The smallest absolute Gasteiger partial charge is 0.137 e.